The number of aromatic nitrogens is 2. The summed E-state index contributed by atoms with van der Waals surface area (Å²) in [6.45, 7) is 0. The van der Waals surface area contributed by atoms with Gasteiger partial charge in [-0.1, -0.05) is 0 Å². The molecule has 1 fully saturated rings. The summed E-state index contributed by atoms with van der Waals surface area (Å²) in [5, 5.41) is 15.6. The number of likely N-dealkylation sites (tertiary alicyclic amines) is 1. The highest BCUT2D eigenvalue weighted by Gasteiger charge is 2.39. The number of carboxylic acids is 1. The summed E-state index contributed by atoms with van der Waals surface area (Å²) in [6, 6.07) is -0.419. The van der Waals surface area contributed by atoms with Crippen LogP contribution in [0.2, 0.25) is 0 Å². The Morgan fingerprint density at radius 1 is 1.69 bits per heavy atom. The summed E-state index contributed by atoms with van der Waals surface area (Å²) in [5.41, 5.74) is 0.739. The van der Waals surface area contributed by atoms with E-state index in [2.05, 4.69) is 10.2 Å². The van der Waals surface area contributed by atoms with Gasteiger partial charge in [-0.3, -0.25) is 14.7 Å². The Morgan fingerprint density at radius 3 is 3.00 bits per heavy atom. The third-order valence-corrected chi connectivity index (χ3v) is 3.04. The van der Waals surface area contributed by atoms with Gasteiger partial charge in [0.25, 0.3) is 0 Å². The summed E-state index contributed by atoms with van der Waals surface area (Å²) in [4.78, 5) is 24.2. The minimum atomic E-state index is -0.870. The van der Waals surface area contributed by atoms with E-state index in [1.165, 1.54) is 4.90 Å². The van der Waals surface area contributed by atoms with Gasteiger partial charge >= 0.3 is 5.97 Å². The zero-order valence-electron chi connectivity index (χ0n) is 8.88. The number of hydrogen-bond acceptors (Lipinski definition) is 3. The number of nitrogens with zero attached hydrogens (tertiary/aromatic N) is 2. The third-order valence-electron chi connectivity index (χ3n) is 3.04. The van der Waals surface area contributed by atoms with Crippen LogP contribution in [0.25, 0.3) is 0 Å². The Morgan fingerprint density at radius 2 is 2.44 bits per heavy atom. The molecule has 16 heavy (non-hydrogen) atoms. The molecule has 0 radical (unpaired) electrons. The number of carbonyl (C=O) groups is 2. The SMILES string of the molecule is CN1C(=O)CCC(C(=O)O)C1c1cn[nH]c1. The van der Waals surface area contributed by atoms with Gasteiger partial charge in [-0.2, -0.15) is 5.10 Å². The molecule has 0 aliphatic carbocycles. The average Bonchev–Trinajstić information content (AvgIpc) is 2.74. The number of carbonyl (C=O) groups excluding carboxylic acids is 1. The van der Waals surface area contributed by atoms with Crippen molar-refractivity contribution in [3.63, 3.8) is 0 Å². The first-order chi connectivity index (χ1) is 7.61. The second kappa shape index (κ2) is 3.96. The van der Waals surface area contributed by atoms with Crippen molar-refractivity contribution in [3.8, 4) is 0 Å². The highest BCUT2D eigenvalue weighted by atomic mass is 16.4. The van der Waals surface area contributed by atoms with Crippen molar-refractivity contribution in [1.82, 2.24) is 15.1 Å². The van der Waals surface area contributed by atoms with E-state index in [0.29, 0.717) is 12.8 Å². The van der Waals surface area contributed by atoms with E-state index < -0.39 is 17.9 Å². The standard InChI is InChI=1S/C10H13N3O3/c1-13-8(14)3-2-7(10(15)16)9(13)6-4-11-12-5-6/h4-5,7,9H,2-3H2,1H3,(H,11,12)(H,15,16). The van der Waals surface area contributed by atoms with Crippen LogP contribution in [0.5, 0.6) is 0 Å². The van der Waals surface area contributed by atoms with Crippen LogP contribution in [0.3, 0.4) is 0 Å². The van der Waals surface area contributed by atoms with Crippen molar-refractivity contribution >= 4 is 11.9 Å². The van der Waals surface area contributed by atoms with Crippen LogP contribution < -0.4 is 0 Å². The van der Waals surface area contributed by atoms with Crippen LogP contribution in [-0.4, -0.2) is 39.1 Å². The molecule has 1 aliphatic rings. The number of aliphatic carboxylic acids is 1. The fourth-order valence-electron chi connectivity index (χ4n) is 2.18. The molecule has 1 aromatic heterocycles. The summed E-state index contributed by atoms with van der Waals surface area (Å²) in [6.07, 6.45) is 3.88. The van der Waals surface area contributed by atoms with Crippen LogP contribution >= 0.6 is 0 Å². The second-order valence-electron chi connectivity index (χ2n) is 3.96. The van der Waals surface area contributed by atoms with Gasteiger partial charge in [0.1, 0.15) is 0 Å². The first-order valence-electron chi connectivity index (χ1n) is 5.08. The van der Waals surface area contributed by atoms with Gasteiger partial charge < -0.3 is 10.0 Å². The maximum Gasteiger partial charge on any atom is 0.308 e. The van der Waals surface area contributed by atoms with E-state index in [-0.39, 0.29) is 5.91 Å². The molecule has 1 amide bonds. The van der Waals surface area contributed by atoms with Crippen molar-refractivity contribution in [3.05, 3.63) is 18.0 Å². The topological polar surface area (TPSA) is 86.3 Å². The summed E-state index contributed by atoms with van der Waals surface area (Å²) < 4.78 is 0. The van der Waals surface area contributed by atoms with Crippen LogP contribution in [0.4, 0.5) is 0 Å². The Bertz CT molecular complexity index is 401. The van der Waals surface area contributed by atoms with Gasteiger partial charge in [0.05, 0.1) is 18.2 Å². The quantitative estimate of drug-likeness (QED) is 0.760. The zero-order chi connectivity index (χ0) is 11.7. The van der Waals surface area contributed by atoms with Crippen LogP contribution in [0.1, 0.15) is 24.4 Å². The number of H-pyrrole nitrogens is 1. The Kier molecular flexibility index (Phi) is 2.64. The molecule has 86 valence electrons. The summed E-state index contributed by atoms with van der Waals surface area (Å²) in [7, 11) is 1.63. The van der Waals surface area contributed by atoms with E-state index in [1.807, 2.05) is 0 Å². The lowest BCUT2D eigenvalue weighted by molar-refractivity contribution is -0.150. The maximum absolute atomic E-state index is 11.6. The predicted molar refractivity (Wildman–Crippen MR) is 54.5 cm³/mol. The van der Waals surface area contributed by atoms with Gasteiger partial charge in [-0.05, 0) is 6.42 Å². The largest absolute Gasteiger partial charge is 0.481 e. The molecule has 0 saturated carbocycles. The van der Waals surface area contributed by atoms with Crippen molar-refractivity contribution in [2.75, 3.05) is 7.05 Å². The molecule has 2 heterocycles. The Labute approximate surface area is 92.3 Å². The van der Waals surface area contributed by atoms with Gasteiger partial charge in [-0.15, -0.1) is 0 Å². The number of piperidine rings is 1. The highest BCUT2D eigenvalue weighted by Crippen LogP contribution is 2.35. The molecule has 0 bridgehead atoms. The van der Waals surface area contributed by atoms with Crippen molar-refractivity contribution < 1.29 is 14.7 Å². The molecule has 6 nitrogen and oxygen atoms in total. The number of rotatable bonds is 2. The molecule has 1 aromatic rings. The number of amides is 1. The fraction of sp³-hybridized carbons (Fsp3) is 0.500. The van der Waals surface area contributed by atoms with Crippen molar-refractivity contribution in [2.24, 2.45) is 5.92 Å². The highest BCUT2D eigenvalue weighted by molar-refractivity contribution is 5.81. The zero-order valence-corrected chi connectivity index (χ0v) is 8.88. The molecule has 0 spiro atoms. The first kappa shape index (κ1) is 10.7. The van der Waals surface area contributed by atoms with Gasteiger partial charge in [-0.25, -0.2) is 0 Å². The number of carboxylic acid groups (broad SMARTS) is 1. The Hall–Kier alpha value is -1.85. The molecule has 0 aromatic carbocycles. The molecule has 1 aliphatic heterocycles. The maximum atomic E-state index is 11.6. The molecule has 2 N–H and O–H groups in total. The third kappa shape index (κ3) is 1.66. The molecule has 1 saturated heterocycles. The monoisotopic (exact) mass is 223 g/mol. The summed E-state index contributed by atoms with van der Waals surface area (Å²) in [5.74, 6) is -1.45. The normalized spacial score (nSPS) is 25.8. The summed E-state index contributed by atoms with van der Waals surface area (Å²) >= 11 is 0. The van der Waals surface area contributed by atoms with Gasteiger partial charge in [0, 0.05) is 25.2 Å². The lowest BCUT2D eigenvalue weighted by Crippen LogP contribution is -2.42. The van der Waals surface area contributed by atoms with E-state index in [4.69, 9.17) is 5.11 Å². The minimum Gasteiger partial charge on any atom is -0.481 e. The van der Waals surface area contributed by atoms with Crippen LogP contribution in [-0.2, 0) is 9.59 Å². The molecular weight excluding hydrogens is 210 g/mol. The smallest absolute Gasteiger partial charge is 0.308 e. The van der Waals surface area contributed by atoms with Crippen LogP contribution in [0.15, 0.2) is 12.4 Å². The van der Waals surface area contributed by atoms with E-state index in [0.717, 1.165) is 5.56 Å². The second-order valence-corrected chi connectivity index (χ2v) is 3.96. The van der Waals surface area contributed by atoms with Gasteiger partial charge in [0.2, 0.25) is 5.91 Å². The van der Waals surface area contributed by atoms with Crippen molar-refractivity contribution in [1.29, 1.82) is 0 Å². The van der Waals surface area contributed by atoms with Crippen molar-refractivity contribution in [2.45, 2.75) is 18.9 Å². The number of nitrogens with one attached hydrogen (secondary N) is 1. The molecule has 2 atom stereocenters. The fourth-order valence-corrected chi connectivity index (χ4v) is 2.18. The molecule has 6 heteroatoms. The van der Waals surface area contributed by atoms with E-state index in [1.54, 1.807) is 19.4 Å². The molecular formula is C10H13N3O3. The molecule has 2 rings (SSSR count). The van der Waals surface area contributed by atoms with Gasteiger partial charge in [0.15, 0.2) is 0 Å². The van der Waals surface area contributed by atoms with E-state index >= 15 is 0 Å². The number of hydrogen-bond donors (Lipinski definition) is 2. The minimum absolute atomic E-state index is 0.0244. The lowest BCUT2D eigenvalue weighted by Gasteiger charge is -2.36. The predicted octanol–water partition coefficient (Wildman–Crippen LogP) is 0.404. The average molecular weight is 223 g/mol. The first-order valence-corrected chi connectivity index (χ1v) is 5.08. The van der Waals surface area contributed by atoms with Crippen LogP contribution in [0, 0.1) is 5.92 Å². The lowest BCUT2D eigenvalue weighted by atomic mass is 9.86. The molecule has 2 unspecified atom stereocenters. The van der Waals surface area contributed by atoms with E-state index in [9.17, 15) is 9.59 Å². The Balaban J connectivity index is 2.34. The number of aromatic amines is 1.